The Labute approximate surface area is 127 Å². The normalized spacial score (nSPS) is 14.2. The summed E-state index contributed by atoms with van der Waals surface area (Å²) in [5.74, 6) is 6.55. The molecule has 0 aliphatic rings. The Morgan fingerprint density at radius 1 is 1.24 bits per heavy atom. The molecule has 0 fully saturated rings. The number of nitrogens with zero attached hydrogens (tertiary/aromatic N) is 1. The van der Waals surface area contributed by atoms with Gasteiger partial charge in [0.1, 0.15) is 0 Å². The number of hydrogen-bond acceptors (Lipinski definition) is 3. The van der Waals surface area contributed by atoms with Crippen molar-refractivity contribution in [1.82, 2.24) is 10.4 Å². The monoisotopic (exact) mass is 285 g/mol. The first-order valence-electron chi connectivity index (χ1n) is 8.09. The summed E-state index contributed by atoms with van der Waals surface area (Å²) in [6.45, 7) is 4.53. The van der Waals surface area contributed by atoms with E-state index in [1.807, 2.05) is 12.3 Å². The van der Waals surface area contributed by atoms with E-state index in [4.69, 9.17) is 5.84 Å². The van der Waals surface area contributed by atoms with Gasteiger partial charge >= 0.3 is 0 Å². The van der Waals surface area contributed by atoms with Crippen LogP contribution in [0.4, 0.5) is 0 Å². The fraction of sp³-hybridized carbons (Fsp3) is 0.500. The van der Waals surface area contributed by atoms with Gasteiger partial charge in [0, 0.05) is 17.6 Å². The zero-order valence-corrected chi connectivity index (χ0v) is 13.2. The average Bonchev–Trinajstić information content (AvgIpc) is 2.55. The Hall–Kier alpha value is -1.45. The highest BCUT2D eigenvalue weighted by molar-refractivity contribution is 5.79. The van der Waals surface area contributed by atoms with Gasteiger partial charge in [0.05, 0.1) is 5.52 Å². The molecule has 3 N–H and O–H groups in total. The maximum absolute atomic E-state index is 5.81. The first kappa shape index (κ1) is 15.9. The molecule has 0 spiro atoms. The molecule has 21 heavy (non-hydrogen) atoms. The lowest BCUT2D eigenvalue weighted by Gasteiger charge is -2.23. The number of nitrogens with two attached hydrogens (primary N) is 1. The van der Waals surface area contributed by atoms with Gasteiger partial charge in [-0.15, -0.1) is 0 Å². The average molecular weight is 285 g/mol. The number of nitrogens with one attached hydrogen (secondary N) is 1. The van der Waals surface area contributed by atoms with Crippen LogP contribution in [0.5, 0.6) is 0 Å². The van der Waals surface area contributed by atoms with E-state index in [1.54, 1.807) is 0 Å². The quantitative estimate of drug-likeness (QED) is 0.560. The highest BCUT2D eigenvalue weighted by Gasteiger charge is 2.16. The van der Waals surface area contributed by atoms with Crippen LogP contribution in [0.3, 0.4) is 0 Å². The third kappa shape index (κ3) is 4.26. The van der Waals surface area contributed by atoms with Crippen molar-refractivity contribution in [2.75, 3.05) is 0 Å². The predicted octanol–water partition coefficient (Wildman–Crippen LogP) is 4.35. The number of benzene rings is 1. The number of pyridine rings is 1. The molecule has 0 saturated carbocycles. The molecule has 2 aromatic rings. The van der Waals surface area contributed by atoms with Crippen LogP contribution in [0.15, 0.2) is 36.5 Å². The Morgan fingerprint density at radius 3 is 2.81 bits per heavy atom. The minimum atomic E-state index is 0.219. The fourth-order valence-electron chi connectivity index (χ4n) is 2.93. The second-order valence-corrected chi connectivity index (χ2v) is 5.83. The zero-order valence-electron chi connectivity index (χ0n) is 13.2. The molecule has 2 atom stereocenters. The van der Waals surface area contributed by atoms with Crippen LogP contribution in [-0.2, 0) is 0 Å². The van der Waals surface area contributed by atoms with Crippen LogP contribution in [0.2, 0.25) is 0 Å². The van der Waals surface area contributed by atoms with Crippen molar-refractivity contribution in [3.8, 4) is 0 Å². The molecule has 2 rings (SSSR count). The number of rotatable bonds is 8. The molecule has 0 saturated heterocycles. The first-order chi connectivity index (χ1) is 10.3. The van der Waals surface area contributed by atoms with Crippen molar-refractivity contribution in [2.45, 2.75) is 52.0 Å². The highest BCUT2D eigenvalue weighted by Crippen LogP contribution is 2.27. The van der Waals surface area contributed by atoms with Gasteiger partial charge in [0.2, 0.25) is 0 Å². The molecule has 1 aromatic heterocycles. The van der Waals surface area contributed by atoms with Crippen LogP contribution in [-0.4, -0.2) is 4.98 Å². The number of hydrazine groups is 1. The van der Waals surface area contributed by atoms with E-state index >= 15 is 0 Å². The fourth-order valence-corrected chi connectivity index (χ4v) is 2.93. The SMILES string of the molecule is CCCCC(CC)CC(NN)c1ccc2ncccc2c1. The Bertz CT molecular complexity index is 553. The van der Waals surface area contributed by atoms with E-state index in [0.717, 1.165) is 17.9 Å². The molecule has 114 valence electrons. The van der Waals surface area contributed by atoms with Gasteiger partial charge < -0.3 is 0 Å². The minimum absolute atomic E-state index is 0.219. The number of unbranched alkanes of at least 4 members (excludes halogenated alkanes) is 1. The van der Waals surface area contributed by atoms with E-state index in [0.29, 0.717) is 0 Å². The van der Waals surface area contributed by atoms with Crippen molar-refractivity contribution in [2.24, 2.45) is 11.8 Å². The number of fused-ring (bicyclic) bond motifs is 1. The lowest BCUT2D eigenvalue weighted by Crippen LogP contribution is -2.29. The zero-order chi connectivity index (χ0) is 15.1. The van der Waals surface area contributed by atoms with Crippen LogP contribution in [0.25, 0.3) is 10.9 Å². The van der Waals surface area contributed by atoms with E-state index in [1.165, 1.54) is 36.6 Å². The van der Waals surface area contributed by atoms with Crippen molar-refractivity contribution < 1.29 is 0 Å². The minimum Gasteiger partial charge on any atom is -0.271 e. The lowest BCUT2D eigenvalue weighted by molar-refractivity contribution is 0.356. The van der Waals surface area contributed by atoms with Crippen LogP contribution >= 0.6 is 0 Å². The summed E-state index contributed by atoms with van der Waals surface area (Å²) in [5.41, 5.74) is 5.30. The van der Waals surface area contributed by atoms with Crippen molar-refractivity contribution in [3.63, 3.8) is 0 Å². The molecular formula is C18H27N3. The summed E-state index contributed by atoms with van der Waals surface area (Å²) in [6.07, 6.45) is 8.00. The van der Waals surface area contributed by atoms with Gasteiger partial charge in [0.25, 0.3) is 0 Å². The molecule has 3 nitrogen and oxygen atoms in total. The summed E-state index contributed by atoms with van der Waals surface area (Å²) in [4.78, 5) is 4.37. The van der Waals surface area contributed by atoms with Gasteiger partial charge in [-0.1, -0.05) is 51.7 Å². The molecule has 3 heteroatoms. The van der Waals surface area contributed by atoms with Gasteiger partial charge in [-0.2, -0.15) is 0 Å². The van der Waals surface area contributed by atoms with Crippen molar-refractivity contribution in [1.29, 1.82) is 0 Å². The van der Waals surface area contributed by atoms with Gasteiger partial charge in [-0.05, 0) is 36.1 Å². The highest BCUT2D eigenvalue weighted by atomic mass is 15.2. The maximum atomic E-state index is 5.81. The summed E-state index contributed by atoms with van der Waals surface area (Å²) in [6, 6.07) is 10.7. The smallest absolute Gasteiger partial charge is 0.0702 e. The van der Waals surface area contributed by atoms with Gasteiger partial charge in [-0.3, -0.25) is 16.3 Å². The van der Waals surface area contributed by atoms with Gasteiger partial charge in [-0.25, -0.2) is 0 Å². The van der Waals surface area contributed by atoms with Gasteiger partial charge in [0.15, 0.2) is 0 Å². The first-order valence-corrected chi connectivity index (χ1v) is 8.09. The molecule has 0 radical (unpaired) electrons. The third-order valence-electron chi connectivity index (χ3n) is 4.34. The maximum Gasteiger partial charge on any atom is 0.0702 e. The topological polar surface area (TPSA) is 50.9 Å². The summed E-state index contributed by atoms with van der Waals surface area (Å²) < 4.78 is 0. The Balaban J connectivity index is 2.14. The van der Waals surface area contributed by atoms with Crippen molar-refractivity contribution in [3.05, 3.63) is 42.1 Å². The largest absolute Gasteiger partial charge is 0.271 e. The molecule has 1 heterocycles. The molecular weight excluding hydrogens is 258 g/mol. The lowest BCUT2D eigenvalue weighted by atomic mass is 9.89. The second-order valence-electron chi connectivity index (χ2n) is 5.83. The molecule has 0 amide bonds. The Kier molecular flexibility index (Phi) is 6.15. The van der Waals surface area contributed by atoms with Crippen LogP contribution in [0.1, 0.15) is 57.6 Å². The van der Waals surface area contributed by atoms with Crippen LogP contribution in [0, 0.1) is 5.92 Å². The summed E-state index contributed by atoms with van der Waals surface area (Å²) in [7, 11) is 0. The van der Waals surface area contributed by atoms with E-state index in [-0.39, 0.29) is 6.04 Å². The molecule has 0 aliphatic heterocycles. The number of hydrogen-bond donors (Lipinski definition) is 2. The molecule has 2 unspecified atom stereocenters. The molecule has 0 bridgehead atoms. The van der Waals surface area contributed by atoms with Crippen LogP contribution < -0.4 is 11.3 Å². The summed E-state index contributed by atoms with van der Waals surface area (Å²) in [5, 5.41) is 1.18. The van der Waals surface area contributed by atoms with E-state index in [2.05, 4.69) is 48.5 Å². The van der Waals surface area contributed by atoms with E-state index < -0.39 is 0 Å². The third-order valence-corrected chi connectivity index (χ3v) is 4.34. The van der Waals surface area contributed by atoms with E-state index in [9.17, 15) is 0 Å². The standard InChI is InChI=1S/C18H27N3/c1-3-5-7-14(4-2)12-18(21-19)16-9-10-17-15(13-16)8-6-11-20-17/h6,8-11,13-14,18,21H,3-5,7,12,19H2,1-2H3. The Morgan fingerprint density at radius 2 is 2.10 bits per heavy atom. The van der Waals surface area contributed by atoms with Crippen molar-refractivity contribution >= 4 is 10.9 Å². The summed E-state index contributed by atoms with van der Waals surface area (Å²) >= 11 is 0. The molecule has 0 aliphatic carbocycles. The second kappa shape index (κ2) is 8.11. The number of aromatic nitrogens is 1. The molecule has 1 aromatic carbocycles. The predicted molar refractivity (Wildman–Crippen MR) is 89.7 cm³/mol.